The fraction of sp³-hybridized carbons (Fsp3) is 0.346. The Morgan fingerprint density at radius 2 is 1.96 bits per heavy atom. The van der Waals surface area contributed by atoms with Gasteiger partial charge in [0.2, 0.25) is 5.69 Å². The van der Waals surface area contributed by atoms with Crippen molar-refractivity contribution in [2.75, 3.05) is 6.54 Å². The van der Waals surface area contributed by atoms with Crippen LogP contribution in [0.25, 0.3) is 10.8 Å². The Morgan fingerprint density at radius 3 is 2.68 bits per heavy atom. The molecule has 1 nitrogen and oxygen atoms in total. The molecule has 0 radical (unpaired) electrons. The molecule has 2 aromatic carbocycles. The van der Waals surface area contributed by atoms with E-state index in [0.29, 0.717) is 0 Å². The lowest BCUT2D eigenvalue weighted by molar-refractivity contribution is -0.425. The first-order valence-corrected chi connectivity index (χ1v) is 11.1. The number of benzene rings is 2. The highest BCUT2D eigenvalue weighted by Crippen LogP contribution is 2.48. The first-order valence-electron chi connectivity index (χ1n) is 10.3. The van der Waals surface area contributed by atoms with Crippen molar-refractivity contribution in [2.45, 2.75) is 44.4 Å². The van der Waals surface area contributed by atoms with Gasteiger partial charge in [-0.2, -0.15) is 4.58 Å². The zero-order valence-corrected chi connectivity index (χ0v) is 18.3. The second kappa shape index (κ2) is 7.83. The summed E-state index contributed by atoms with van der Waals surface area (Å²) in [7, 11) is 0. The fourth-order valence-corrected chi connectivity index (χ4v) is 5.72. The van der Waals surface area contributed by atoms with E-state index >= 15 is 0 Å². The topological polar surface area (TPSA) is 3.01 Å². The van der Waals surface area contributed by atoms with Crippen LogP contribution in [0.3, 0.4) is 0 Å². The van der Waals surface area contributed by atoms with E-state index in [-0.39, 0.29) is 5.41 Å². The second-order valence-electron chi connectivity index (χ2n) is 8.40. The molecular formula is C26H29BrN+. The summed E-state index contributed by atoms with van der Waals surface area (Å²) < 4.78 is 3.50. The number of fused-ring (bicyclic) bond motifs is 3. The molecule has 1 unspecified atom stereocenters. The average molecular weight is 435 g/mol. The van der Waals surface area contributed by atoms with E-state index in [1.807, 2.05) is 6.08 Å². The highest BCUT2D eigenvalue weighted by Gasteiger charge is 2.48. The third-order valence-electron chi connectivity index (χ3n) is 6.39. The van der Waals surface area contributed by atoms with Crippen molar-refractivity contribution < 1.29 is 4.58 Å². The molecule has 2 heteroatoms. The Kier molecular flexibility index (Phi) is 5.42. The summed E-state index contributed by atoms with van der Waals surface area (Å²) in [6.45, 7) is 11.4. The van der Waals surface area contributed by atoms with Crippen molar-refractivity contribution in [3.05, 3.63) is 77.8 Å². The molecule has 4 rings (SSSR count). The minimum atomic E-state index is -0.116. The van der Waals surface area contributed by atoms with Crippen LogP contribution in [0.4, 0.5) is 5.69 Å². The minimum absolute atomic E-state index is 0.116. The highest BCUT2D eigenvalue weighted by atomic mass is 79.9. The normalized spacial score (nSPS) is 22.4. The summed E-state index contributed by atoms with van der Waals surface area (Å²) in [5.74, 6) is 0.718. The standard InChI is InChI=1S/C26H29BrN/c1-4-17-28-23-15-14-21-11-7-8-12-22(21)25(23)26(3,18-19(2)27)24(28)16-13-20-9-5-6-10-20/h4,7-8,11-16,20H,1-2,5-6,9-10,17-18H2,3H3/q+1. The number of hydrogen-bond acceptors (Lipinski definition) is 0. The molecule has 144 valence electrons. The van der Waals surface area contributed by atoms with Gasteiger partial charge in [0.05, 0.1) is 5.41 Å². The number of rotatable bonds is 6. The van der Waals surface area contributed by atoms with Gasteiger partial charge in [0.1, 0.15) is 0 Å². The van der Waals surface area contributed by atoms with Crippen molar-refractivity contribution in [3.8, 4) is 0 Å². The first kappa shape index (κ1) is 19.4. The Morgan fingerprint density at radius 1 is 1.21 bits per heavy atom. The van der Waals surface area contributed by atoms with Gasteiger partial charge in [-0.25, -0.2) is 0 Å². The van der Waals surface area contributed by atoms with E-state index in [1.165, 1.54) is 53.4 Å². The summed E-state index contributed by atoms with van der Waals surface area (Å²) in [6, 6.07) is 13.3. The zero-order chi connectivity index (χ0) is 19.7. The molecule has 2 aliphatic rings. The van der Waals surface area contributed by atoms with Crippen LogP contribution in [0.5, 0.6) is 0 Å². The molecule has 28 heavy (non-hydrogen) atoms. The van der Waals surface area contributed by atoms with E-state index < -0.39 is 0 Å². The number of hydrogen-bond donors (Lipinski definition) is 0. The lowest BCUT2D eigenvalue weighted by Gasteiger charge is -2.23. The quantitative estimate of drug-likeness (QED) is 0.328. The van der Waals surface area contributed by atoms with Crippen LogP contribution < -0.4 is 0 Å². The fourth-order valence-electron chi connectivity index (χ4n) is 5.16. The van der Waals surface area contributed by atoms with E-state index in [0.717, 1.165) is 23.4 Å². The Bertz CT molecular complexity index is 991. The van der Waals surface area contributed by atoms with Gasteiger partial charge in [-0.05, 0) is 59.5 Å². The summed E-state index contributed by atoms with van der Waals surface area (Å²) in [6.07, 6.45) is 13.1. The molecule has 0 saturated heterocycles. The monoisotopic (exact) mass is 434 g/mol. The maximum Gasteiger partial charge on any atom is 0.210 e. The maximum atomic E-state index is 4.20. The molecule has 0 amide bonds. The number of allylic oxidation sites excluding steroid dienone is 3. The third kappa shape index (κ3) is 3.33. The lowest BCUT2D eigenvalue weighted by Crippen LogP contribution is -2.31. The molecule has 0 spiro atoms. The number of nitrogens with zero attached hydrogens (tertiary/aromatic N) is 1. The highest BCUT2D eigenvalue weighted by molar-refractivity contribution is 9.11. The van der Waals surface area contributed by atoms with E-state index in [9.17, 15) is 0 Å². The summed E-state index contributed by atoms with van der Waals surface area (Å²) >= 11 is 3.67. The van der Waals surface area contributed by atoms with Gasteiger partial charge in [0.25, 0.3) is 0 Å². The van der Waals surface area contributed by atoms with Crippen LogP contribution >= 0.6 is 15.9 Å². The number of halogens is 1. The van der Waals surface area contributed by atoms with Crippen molar-refractivity contribution in [3.63, 3.8) is 0 Å². The van der Waals surface area contributed by atoms with E-state index in [4.69, 9.17) is 0 Å². The molecule has 2 aromatic rings. The smallest absolute Gasteiger partial charge is 0.191 e. The molecule has 0 aromatic heterocycles. The van der Waals surface area contributed by atoms with Crippen LogP contribution in [-0.4, -0.2) is 16.8 Å². The average Bonchev–Trinajstić information content (AvgIpc) is 3.26. The molecule has 0 bridgehead atoms. The van der Waals surface area contributed by atoms with Crippen LogP contribution in [0.2, 0.25) is 0 Å². The molecule has 1 heterocycles. The van der Waals surface area contributed by atoms with Crippen molar-refractivity contribution >= 4 is 38.1 Å². The van der Waals surface area contributed by atoms with Crippen molar-refractivity contribution in [1.82, 2.24) is 0 Å². The Balaban J connectivity index is 1.93. The van der Waals surface area contributed by atoms with Crippen molar-refractivity contribution in [1.29, 1.82) is 0 Å². The molecule has 1 aliphatic heterocycles. The summed E-state index contributed by atoms with van der Waals surface area (Å²) in [5.41, 5.74) is 3.97. The lowest BCUT2D eigenvalue weighted by atomic mass is 9.74. The van der Waals surface area contributed by atoms with Crippen LogP contribution in [0.1, 0.15) is 44.6 Å². The molecule has 1 fully saturated rings. The Labute approximate surface area is 177 Å². The predicted octanol–water partition coefficient (Wildman–Crippen LogP) is 7.43. The first-order chi connectivity index (χ1) is 13.5. The minimum Gasteiger partial charge on any atom is -0.191 e. The van der Waals surface area contributed by atoms with Crippen LogP contribution in [-0.2, 0) is 5.41 Å². The molecule has 1 aliphatic carbocycles. The summed E-state index contributed by atoms with van der Waals surface area (Å²) in [4.78, 5) is 0. The largest absolute Gasteiger partial charge is 0.210 e. The van der Waals surface area contributed by atoms with Gasteiger partial charge in [-0.15, -0.1) is 0 Å². The van der Waals surface area contributed by atoms with Crippen LogP contribution in [0, 0.1) is 5.92 Å². The van der Waals surface area contributed by atoms with Gasteiger partial charge >= 0.3 is 0 Å². The molecule has 0 N–H and O–H groups in total. The maximum absolute atomic E-state index is 4.20. The predicted molar refractivity (Wildman–Crippen MR) is 125 cm³/mol. The molecule has 1 saturated carbocycles. The van der Waals surface area contributed by atoms with Gasteiger partial charge < -0.3 is 0 Å². The van der Waals surface area contributed by atoms with E-state index in [1.54, 1.807) is 0 Å². The summed E-state index contributed by atoms with van der Waals surface area (Å²) in [5, 5.41) is 2.64. The SMILES string of the molecule is C=CC[N+]1=C(C=CC2CCCC2)C(C)(CC(=C)Br)c2c1ccc1ccccc21. The third-order valence-corrected chi connectivity index (χ3v) is 6.67. The van der Waals surface area contributed by atoms with Gasteiger partial charge in [-0.1, -0.05) is 72.3 Å². The van der Waals surface area contributed by atoms with Crippen molar-refractivity contribution in [2.24, 2.45) is 5.92 Å². The van der Waals surface area contributed by atoms with Gasteiger partial charge in [-0.3, -0.25) is 0 Å². The molecule has 1 atom stereocenters. The van der Waals surface area contributed by atoms with Crippen LogP contribution in [0.15, 0.2) is 72.3 Å². The van der Waals surface area contributed by atoms with Gasteiger partial charge in [0.15, 0.2) is 12.3 Å². The zero-order valence-electron chi connectivity index (χ0n) is 16.8. The van der Waals surface area contributed by atoms with E-state index in [2.05, 4.69) is 89.1 Å². The van der Waals surface area contributed by atoms with Gasteiger partial charge in [0, 0.05) is 17.7 Å². The Hall–Kier alpha value is -1.93. The second-order valence-corrected chi connectivity index (χ2v) is 9.52. The molecular weight excluding hydrogens is 406 g/mol.